The molecule has 2 aromatic carbocycles. The van der Waals surface area contributed by atoms with Gasteiger partial charge in [0.25, 0.3) is 5.91 Å². The Bertz CT molecular complexity index is 835. The molecule has 0 saturated heterocycles. The molecule has 0 aliphatic rings. The number of amides is 1. The molecule has 0 heterocycles. The maximum absolute atomic E-state index is 13.3. The molecule has 1 N–H and O–H groups in total. The number of methoxy groups -OCH3 is 2. The Labute approximate surface area is 146 Å². The molecule has 9 heteroatoms. The number of carbonyl (C=O) groups excluding carboxylic acids is 1. The van der Waals surface area contributed by atoms with E-state index in [0.29, 0.717) is 17.6 Å². The van der Waals surface area contributed by atoms with E-state index in [-0.39, 0.29) is 11.1 Å². The van der Waals surface area contributed by atoms with Crippen molar-refractivity contribution in [3.8, 4) is 11.5 Å². The van der Waals surface area contributed by atoms with Crippen molar-refractivity contribution in [3.05, 3.63) is 58.9 Å². The number of carbonyl (C=O) groups is 1. The lowest BCUT2D eigenvalue weighted by Crippen LogP contribution is -2.17. The van der Waals surface area contributed by atoms with Crippen molar-refractivity contribution in [1.29, 1.82) is 0 Å². The van der Waals surface area contributed by atoms with Crippen LogP contribution in [0.2, 0.25) is 0 Å². The standard InChI is InChI=1S/C17H14F4N2O3/c1-25-14-4-3-11(7-15(14)26-2)16(24)23-22-9-10-5-12(17(19,20)21)8-13(18)6-10/h3-9H,1-2H3,(H,23,24). The summed E-state index contributed by atoms with van der Waals surface area (Å²) in [5.74, 6) is -0.946. The normalized spacial score (nSPS) is 11.5. The molecule has 2 aromatic rings. The molecule has 0 aliphatic carbocycles. The Balaban J connectivity index is 2.13. The van der Waals surface area contributed by atoms with Crippen LogP contribution in [0.25, 0.3) is 0 Å². The van der Waals surface area contributed by atoms with Gasteiger partial charge >= 0.3 is 6.18 Å². The van der Waals surface area contributed by atoms with Gasteiger partial charge in [0.15, 0.2) is 11.5 Å². The fourth-order valence-electron chi connectivity index (χ4n) is 2.06. The summed E-state index contributed by atoms with van der Waals surface area (Å²) in [5, 5.41) is 3.55. The molecule has 26 heavy (non-hydrogen) atoms. The average Bonchev–Trinajstić information content (AvgIpc) is 2.59. The summed E-state index contributed by atoms with van der Waals surface area (Å²) in [6.07, 6.45) is -3.77. The highest BCUT2D eigenvalue weighted by Crippen LogP contribution is 2.30. The van der Waals surface area contributed by atoms with Crippen molar-refractivity contribution < 1.29 is 31.8 Å². The highest BCUT2D eigenvalue weighted by atomic mass is 19.4. The highest BCUT2D eigenvalue weighted by Gasteiger charge is 2.31. The predicted octanol–water partition coefficient (Wildman–Crippen LogP) is 3.63. The number of rotatable bonds is 5. The van der Waals surface area contributed by atoms with Crippen LogP contribution in [0, 0.1) is 5.82 Å². The summed E-state index contributed by atoms with van der Waals surface area (Å²) in [6.45, 7) is 0. The SMILES string of the molecule is COc1ccc(C(=O)NN=Cc2cc(F)cc(C(F)(F)F)c2)cc1OC. The summed E-state index contributed by atoms with van der Waals surface area (Å²) < 4.78 is 61.4. The van der Waals surface area contributed by atoms with E-state index in [1.807, 2.05) is 0 Å². The summed E-state index contributed by atoms with van der Waals surface area (Å²) in [7, 11) is 2.84. The minimum absolute atomic E-state index is 0.148. The largest absolute Gasteiger partial charge is 0.493 e. The van der Waals surface area contributed by atoms with E-state index in [4.69, 9.17) is 9.47 Å². The van der Waals surface area contributed by atoms with Crippen molar-refractivity contribution in [3.63, 3.8) is 0 Å². The number of hydrogen-bond donors (Lipinski definition) is 1. The van der Waals surface area contributed by atoms with E-state index in [1.165, 1.54) is 32.4 Å². The summed E-state index contributed by atoms with van der Waals surface area (Å²) >= 11 is 0. The van der Waals surface area contributed by atoms with Gasteiger partial charge in [0, 0.05) is 5.56 Å². The molecule has 0 aromatic heterocycles. The second-order valence-electron chi connectivity index (χ2n) is 5.04. The van der Waals surface area contributed by atoms with E-state index in [2.05, 4.69) is 10.5 Å². The second kappa shape index (κ2) is 7.85. The molecule has 0 aliphatic heterocycles. The van der Waals surface area contributed by atoms with Gasteiger partial charge in [-0.25, -0.2) is 9.82 Å². The van der Waals surface area contributed by atoms with Gasteiger partial charge in [-0.3, -0.25) is 4.79 Å². The number of nitrogens with one attached hydrogen (secondary N) is 1. The van der Waals surface area contributed by atoms with E-state index >= 15 is 0 Å². The average molecular weight is 370 g/mol. The van der Waals surface area contributed by atoms with Crippen LogP contribution in [0.1, 0.15) is 21.5 Å². The van der Waals surface area contributed by atoms with Crippen molar-refractivity contribution in [1.82, 2.24) is 5.43 Å². The first kappa shape index (κ1) is 19.2. The predicted molar refractivity (Wildman–Crippen MR) is 86.0 cm³/mol. The van der Waals surface area contributed by atoms with Crippen molar-refractivity contribution in [2.24, 2.45) is 5.10 Å². The van der Waals surface area contributed by atoms with Crippen LogP contribution in [0.4, 0.5) is 17.6 Å². The number of benzene rings is 2. The van der Waals surface area contributed by atoms with Crippen LogP contribution in [-0.4, -0.2) is 26.3 Å². The van der Waals surface area contributed by atoms with E-state index in [0.717, 1.165) is 18.3 Å². The Kier molecular flexibility index (Phi) is 5.81. The molecular weight excluding hydrogens is 356 g/mol. The number of nitrogens with zero attached hydrogens (tertiary/aromatic N) is 1. The highest BCUT2D eigenvalue weighted by molar-refractivity contribution is 5.95. The quantitative estimate of drug-likeness (QED) is 0.497. The zero-order valence-electron chi connectivity index (χ0n) is 13.7. The van der Waals surface area contributed by atoms with Gasteiger partial charge in [-0.1, -0.05) is 0 Å². The minimum Gasteiger partial charge on any atom is -0.493 e. The zero-order valence-corrected chi connectivity index (χ0v) is 13.7. The fourth-order valence-corrected chi connectivity index (χ4v) is 2.06. The van der Waals surface area contributed by atoms with Crippen LogP contribution >= 0.6 is 0 Å². The molecule has 0 atom stereocenters. The van der Waals surface area contributed by atoms with Gasteiger partial charge in [-0.2, -0.15) is 18.3 Å². The second-order valence-corrected chi connectivity index (χ2v) is 5.04. The number of halogens is 4. The molecule has 0 bridgehead atoms. The van der Waals surface area contributed by atoms with Gasteiger partial charge in [0.1, 0.15) is 5.82 Å². The third-order valence-electron chi connectivity index (χ3n) is 3.27. The van der Waals surface area contributed by atoms with Gasteiger partial charge in [-0.05, 0) is 42.0 Å². The fraction of sp³-hybridized carbons (Fsp3) is 0.176. The maximum atomic E-state index is 13.3. The Morgan fingerprint density at radius 1 is 1.08 bits per heavy atom. The molecule has 0 unspecified atom stereocenters. The molecule has 2 rings (SSSR count). The maximum Gasteiger partial charge on any atom is 0.416 e. The van der Waals surface area contributed by atoms with Gasteiger partial charge < -0.3 is 9.47 Å². The number of hydrogen-bond acceptors (Lipinski definition) is 4. The third kappa shape index (κ3) is 4.71. The van der Waals surface area contributed by atoms with Crippen LogP contribution < -0.4 is 14.9 Å². The molecule has 0 radical (unpaired) electrons. The van der Waals surface area contributed by atoms with Crippen LogP contribution in [0.3, 0.4) is 0 Å². The van der Waals surface area contributed by atoms with Crippen LogP contribution in [0.5, 0.6) is 11.5 Å². The molecule has 1 amide bonds. The minimum atomic E-state index is -4.69. The summed E-state index contributed by atoms with van der Waals surface area (Å²) in [6, 6.07) is 6.33. The van der Waals surface area contributed by atoms with Crippen LogP contribution in [-0.2, 0) is 6.18 Å². The molecule has 0 fully saturated rings. The monoisotopic (exact) mass is 370 g/mol. The van der Waals surface area contributed by atoms with Gasteiger partial charge in [-0.15, -0.1) is 0 Å². The lowest BCUT2D eigenvalue weighted by atomic mass is 10.1. The number of ether oxygens (including phenoxy) is 2. The summed E-state index contributed by atoms with van der Waals surface area (Å²) in [4.78, 5) is 12.0. The topological polar surface area (TPSA) is 59.9 Å². The van der Waals surface area contributed by atoms with Gasteiger partial charge in [0.2, 0.25) is 0 Å². The van der Waals surface area contributed by atoms with Crippen molar-refractivity contribution in [2.45, 2.75) is 6.18 Å². The lowest BCUT2D eigenvalue weighted by molar-refractivity contribution is -0.137. The summed E-state index contributed by atoms with van der Waals surface area (Å²) in [5.41, 5.74) is 1.04. The van der Waals surface area contributed by atoms with Crippen LogP contribution in [0.15, 0.2) is 41.5 Å². The zero-order chi connectivity index (χ0) is 19.3. The Morgan fingerprint density at radius 3 is 2.38 bits per heavy atom. The first-order valence-corrected chi connectivity index (χ1v) is 7.18. The smallest absolute Gasteiger partial charge is 0.416 e. The lowest BCUT2D eigenvalue weighted by Gasteiger charge is -2.09. The number of hydrazone groups is 1. The first-order valence-electron chi connectivity index (χ1n) is 7.18. The number of alkyl halides is 3. The van der Waals surface area contributed by atoms with E-state index in [1.54, 1.807) is 0 Å². The Morgan fingerprint density at radius 2 is 1.77 bits per heavy atom. The van der Waals surface area contributed by atoms with Crippen molar-refractivity contribution >= 4 is 12.1 Å². The molecule has 0 saturated carbocycles. The van der Waals surface area contributed by atoms with E-state index < -0.39 is 23.5 Å². The van der Waals surface area contributed by atoms with Gasteiger partial charge in [0.05, 0.1) is 26.0 Å². The molecule has 5 nitrogen and oxygen atoms in total. The Hall–Kier alpha value is -3.10. The molecule has 138 valence electrons. The first-order chi connectivity index (χ1) is 12.2. The third-order valence-corrected chi connectivity index (χ3v) is 3.27. The van der Waals surface area contributed by atoms with E-state index in [9.17, 15) is 22.4 Å². The molecule has 0 spiro atoms. The van der Waals surface area contributed by atoms with Crippen molar-refractivity contribution in [2.75, 3.05) is 14.2 Å². The molecular formula is C17H14F4N2O3.